The molecule has 0 heterocycles. The van der Waals surface area contributed by atoms with Crippen LogP contribution in [0, 0.1) is 0 Å². The van der Waals surface area contributed by atoms with Crippen LogP contribution in [0.5, 0.6) is 11.5 Å². The van der Waals surface area contributed by atoms with E-state index >= 15 is 0 Å². The zero-order chi connectivity index (χ0) is 31.5. The van der Waals surface area contributed by atoms with E-state index in [0.717, 1.165) is 61.0 Å². The SMILES string of the molecule is CCCCCCC[C@H](CC(=O)O)OCc1ccc(OC)cc1.CCCCCCC[C@H](CC=O)OCc1ccc(OC)cc1. The Labute approximate surface area is 260 Å². The summed E-state index contributed by atoms with van der Waals surface area (Å²) < 4.78 is 21.9. The normalized spacial score (nSPS) is 12.1. The van der Waals surface area contributed by atoms with Crippen LogP contribution >= 0.6 is 0 Å². The minimum absolute atomic E-state index is 0.0474. The molecule has 2 atom stereocenters. The van der Waals surface area contributed by atoms with Crippen molar-refractivity contribution in [1.82, 2.24) is 0 Å². The maximum atomic E-state index is 10.9. The Balaban J connectivity index is 0.000000430. The van der Waals surface area contributed by atoms with Crippen LogP contribution < -0.4 is 9.47 Å². The number of rotatable bonds is 24. The molecule has 0 unspecified atom stereocenters. The predicted molar refractivity (Wildman–Crippen MR) is 173 cm³/mol. The first-order chi connectivity index (χ1) is 20.9. The van der Waals surface area contributed by atoms with E-state index in [-0.39, 0.29) is 18.6 Å². The van der Waals surface area contributed by atoms with Crippen molar-refractivity contribution in [1.29, 1.82) is 0 Å². The minimum atomic E-state index is -0.798. The van der Waals surface area contributed by atoms with Gasteiger partial charge in [-0.3, -0.25) is 4.79 Å². The average molecular weight is 601 g/mol. The molecule has 0 saturated carbocycles. The highest BCUT2D eigenvalue weighted by Gasteiger charge is 2.14. The largest absolute Gasteiger partial charge is 0.497 e. The van der Waals surface area contributed by atoms with Crippen LogP contribution in [-0.2, 0) is 32.3 Å². The Kier molecular flexibility index (Phi) is 22.7. The first-order valence-corrected chi connectivity index (χ1v) is 16.1. The van der Waals surface area contributed by atoms with Gasteiger partial charge in [-0.05, 0) is 48.2 Å². The zero-order valence-electron chi connectivity index (χ0n) is 27.1. The minimum Gasteiger partial charge on any atom is -0.497 e. The predicted octanol–water partition coefficient (Wildman–Crippen LogP) is 8.95. The standard InChI is InChI=1S/C18H28O4.C18H28O3/c1-3-4-5-6-7-8-17(13-18(19)20)22-14-15-9-11-16(21-2)12-10-15;1-3-4-5-6-7-8-18(13-14-19)21-15-16-9-11-17(20-2)12-10-16/h9-12,17H,3-8,13-14H2,1-2H3,(H,19,20);9-12,14,18H,3-8,13,15H2,1-2H3/t17-;18-/m11/s1. The number of benzene rings is 2. The second kappa shape index (κ2) is 25.6. The maximum absolute atomic E-state index is 10.9. The number of hydrogen-bond donors (Lipinski definition) is 1. The van der Waals surface area contributed by atoms with Gasteiger partial charge in [0, 0.05) is 6.42 Å². The van der Waals surface area contributed by atoms with Crippen LogP contribution in [0.2, 0.25) is 0 Å². The van der Waals surface area contributed by atoms with Gasteiger partial charge in [-0.2, -0.15) is 0 Å². The summed E-state index contributed by atoms with van der Waals surface area (Å²) in [4.78, 5) is 21.7. The Bertz CT molecular complexity index is 943. The number of aldehydes is 1. The van der Waals surface area contributed by atoms with Crippen LogP contribution in [-0.4, -0.2) is 43.8 Å². The summed E-state index contributed by atoms with van der Waals surface area (Å²) in [5, 5.41) is 8.99. The zero-order valence-corrected chi connectivity index (χ0v) is 27.1. The number of carbonyl (C=O) groups is 2. The molecule has 242 valence electrons. The molecule has 0 aromatic heterocycles. The van der Waals surface area contributed by atoms with Gasteiger partial charge in [0.2, 0.25) is 0 Å². The fraction of sp³-hybridized carbons (Fsp3) is 0.611. The second-order valence-electron chi connectivity index (χ2n) is 11.0. The summed E-state index contributed by atoms with van der Waals surface area (Å²) in [6.45, 7) is 5.40. The molecule has 0 amide bonds. The summed E-state index contributed by atoms with van der Waals surface area (Å²) in [6, 6.07) is 15.5. The van der Waals surface area contributed by atoms with E-state index in [1.807, 2.05) is 48.5 Å². The smallest absolute Gasteiger partial charge is 0.305 e. The lowest BCUT2D eigenvalue weighted by Crippen LogP contribution is -2.17. The Hall–Kier alpha value is -2.90. The van der Waals surface area contributed by atoms with Crippen molar-refractivity contribution in [3.05, 3.63) is 59.7 Å². The number of methoxy groups -OCH3 is 2. The van der Waals surface area contributed by atoms with Gasteiger partial charge in [0.1, 0.15) is 17.8 Å². The lowest BCUT2D eigenvalue weighted by atomic mass is 10.1. The number of carboxylic acids is 1. The highest BCUT2D eigenvalue weighted by Crippen LogP contribution is 2.18. The van der Waals surface area contributed by atoms with E-state index in [4.69, 9.17) is 24.1 Å². The van der Waals surface area contributed by atoms with Crippen LogP contribution in [0.25, 0.3) is 0 Å². The highest BCUT2D eigenvalue weighted by molar-refractivity contribution is 5.67. The molecular weight excluding hydrogens is 544 g/mol. The molecule has 0 bridgehead atoms. The molecule has 0 aliphatic rings. The number of carbonyl (C=O) groups excluding carboxylic acids is 1. The molecule has 0 spiro atoms. The molecule has 1 N–H and O–H groups in total. The van der Waals surface area contributed by atoms with Gasteiger partial charge in [-0.1, -0.05) is 102 Å². The van der Waals surface area contributed by atoms with E-state index in [1.165, 1.54) is 44.9 Å². The number of carboxylic acid groups (broad SMARTS) is 1. The third-order valence-corrected chi connectivity index (χ3v) is 7.31. The van der Waals surface area contributed by atoms with Crippen molar-refractivity contribution in [3.63, 3.8) is 0 Å². The van der Waals surface area contributed by atoms with Gasteiger partial charge >= 0.3 is 5.97 Å². The highest BCUT2D eigenvalue weighted by atomic mass is 16.5. The monoisotopic (exact) mass is 600 g/mol. The van der Waals surface area contributed by atoms with Crippen LogP contribution in [0.1, 0.15) is 115 Å². The number of unbranched alkanes of at least 4 members (excludes halogenated alkanes) is 8. The molecule has 0 saturated heterocycles. The van der Waals surface area contributed by atoms with Crippen molar-refractivity contribution in [2.45, 2.75) is 129 Å². The molecule has 43 heavy (non-hydrogen) atoms. The molecule has 2 rings (SSSR count). The van der Waals surface area contributed by atoms with E-state index in [1.54, 1.807) is 14.2 Å². The van der Waals surface area contributed by atoms with Gasteiger partial charge < -0.3 is 28.8 Å². The third kappa shape index (κ3) is 19.8. The average Bonchev–Trinajstić information content (AvgIpc) is 3.02. The molecule has 2 aromatic rings. The number of aliphatic carboxylic acids is 1. The molecule has 0 radical (unpaired) electrons. The van der Waals surface area contributed by atoms with Gasteiger partial charge in [0.15, 0.2) is 0 Å². The Morgan fingerprint density at radius 1 is 0.674 bits per heavy atom. The van der Waals surface area contributed by atoms with Crippen LogP contribution in [0.15, 0.2) is 48.5 Å². The summed E-state index contributed by atoms with van der Waals surface area (Å²) >= 11 is 0. The number of ether oxygens (including phenoxy) is 4. The molecule has 7 nitrogen and oxygen atoms in total. The van der Waals surface area contributed by atoms with E-state index in [0.29, 0.717) is 19.6 Å². The van der Waals surface area contributed by atoms with Gasteiger partial charge in [-0.25, -0.2) is 0 Å². The summed E-state index contributed by atoms with van der Waals surface area (Å²) in [5.41, 5.74) is 2.14. The quantitative estimate of drug-likeness (QED) is 0.0950. The van der Waals surface area contributed by atoms with Gasteiger partial charge in [0.05, 0.1) is 46.1 Å². The van der Waals surface area contributed by atoms with E-state index < -0.39 is 5.97 Å². The van der Waals surface area contributed by atoms with Crippen molar-refractivity contribution < 1.29 is 33.6 Å². The molecule has 7 heteroatoms. The summed E-state index contributed by atoms with van der Waals surface area (Å²) in [6.07, 6.45) is 15.2. The van der Waals surface area contributed by atoms with Crippen LogP contribution in [0.4, 0.5) is 0 Å². The Morgan fingerprint density at radius 2 is 1.09 bits per heavy atom. The molecule has 0 aliphatic carbocycles. The molecular formula is C36H56O7. The fourth-order valence-corrected chi connectivity index (χ4v) is 4.64. The lowest BCUT2D eigenvalue weighted by molar-refractivity contribution is -0.140. The fourth-order valence-electron chi connectivity index (χ4n) is 4.64. The Morgan fingerprint density at radius 3 is 1.49 bits per heavy atom. The second-order valence-corrected chi connectivity index (χ2v) is 11.0. The third-order valence-electron chi connectivity index (χ3n) is 7.31. The summed E-state index contributed by atoms with van der Waals surface area (Å²) in [5.74, 6) is 0.856. The van der Waals surface area contributed by atoms with Crippen molar-refractivity contribution >= 4 is 12.3 Å². The topological polar surface area (TPSA) is 91.3 Å². The first kappa shape index (κ1) is 38.1. The van der Waals surface area contributed by atoms with E-state index in [9.17, 15) is 9.59 Å². The van der Waals surface area contributed by atoms with Gasteiger partial charge in [0.25, 0.3) is 0 Å². The van der Waals surface area contributed by atoms with Crippen molar-refractivity contribution in [3.8, 4) is 11.5 Å². The lowest BCUT2D eigenvalue weighted by Gasteiger charge is -2.16. The molecule has 0 fully saturated rings. The van der Waals surface area contributed by atoms with Crippen molar-refractivity contribution in [2.24, 2.45) is 0 Å². The summed E-state index contributed by atoms with van der Waals surface area (Å²) in [7, 11) is 3.29. The number of hydrogen-bond acceptors (Lipinski definition) is 6. The molecule has 2 aromatic carbocycles. The maximum Gasteiger partial charge on any atom is 0.305 e. The van der Waals surface area contributed by atoms with Crippen molar-refractivity contribution in [2.75, 3.05) is 14.2 Å². The van der Waals surface area contributed by atoms with E-state index in [2.05, 4.69) is 13.8 Å². The molecule has 0 aliphatic heterocycles. The van der Waals surface area contributed by atoms with Crippen LogP contribution in [0.3, 0.4) is 0 Å². The van der Waals surface area contributed by atoms with Gasteiger partial charge in [-0.15, -0.1) is 0 Å². The first-order valence-electron chi connectivity index (χ1n) is 16.1.